The number of anilines is 1. The van der Waals surface area contributed by atoms with Crippen LogP contribution in [-0.4, -0.2) is 93.7 Å². The third kappa shape index (κ3) is 12.3. The van der Waals surface area contributed by atoms with E-state index in [0.29, 0.717) is 13.1 Å². The van der Waals surface area contributed by atoms with E-state index in [1.807, 2.05) is 57.5 Å². The molecule has 4 heterocycles. The van der Waals surface area contributed by atoms with Crippen molar-refractivity contribution >= 4 is 54.0 Å². The van der Waals surface area contributed by atoms with Crippen LogP contribution in [0.15, 0.2) is 41.0 Å². The second-order valence-electron chi connectivity index (χ2n) is 9.53. The number of aromatic nitrogens is 4. The van der Waals surface area contributed by atoms with Gasteiger partial charge in [-0.05, 0) is 64.6 Å². The van der Waals surface area contributed by atoms with Gasteiger partial charge >= 0.3 is 6.18 Å². The van der Waals surface area contributed by atoms with Gasteiger partial charge in [0.05, 0.1) is 39.4 Å². The lowest BCUT2D eigenvalue weighted by Crippen LogP contribution is -2.57. The molecule has 1 saturated heterocycles. The average molecular weight is 639 g/mol. The molecule has 1 fully saturated rings. The molecule has 3 aromatic rings. The van der Waals surface area contributed by atoms with Gasteiger partial charge in [0.1, 0.15) is 18.1 Å². The number of amides is 1. The fourth-order valence-electron chi connectivity index (χ4n) is 3.73. The Labute approximate surface area is 258 Å². The van der Waals surface area contributed by atoms with Gasteiger partial charge in [-0.1, -0.05) is 6.07 Å². The second-order valence-corrected chi connectivity index (χ2v) is 11.6. The molecule has 1 unspecified atom stereocenters. The number of alkyl halides is 3. The summed E-state index contributed by atoms with van der Waals surface area (Å²) in [6, 6.07) is 4.23. The molecule has 1 atom stereocenters. The summed E-state index contributed by atoms with van der Waals surface area (Å²) in [5.74, 6) is 1.60. The van der Waals surface area contributed by atoms with E-state index in [1.54, 1.807) is 45.9 Å². The van der Waals surface area contributed by atoms with E-state index in [1.165, 1.54) is 0 Å². The van der Waals surface area contributed by atoms with Crippen LogP contribution in [0.2, 0.25) is 0 Å². The van der Waals surface area contributed by atoms with Crippen molar-refractivity contribution in [2.75, 3.05) is 37.9 Å². The van der Waals surface area contributed by atoms with Gasteiger partial charge in [-0.2, -0.15) is 18.3 Å². The summed E-state index contributed by atoms with van der Waals surface area (Å²) in [4.78, 5) is 36.5. The lowest BCUT2D eigenvalue weighted by Gasteiger charge is -2.38. The van der Waals surface area contributed by atoms with Crippen molar-refractivity contribution in [3.63, 3.8) is 0 Å². The molecule has 1 aliphatic heterocycles. The normalized spacial score (nSPS) is 15.5. The first-order valence-corrected chi connectivity index (χ1v) is 15.0. The Morgan fingerprint density at radius 1 is 1.21 bits per heavy atom. The van der Waals surface area contributed by atoms with Gasteiger partial charge in [-0.25, -0.2) is 9.97 Å². The lowest BCUT2D eigenvalue weighted by molar-refractivity contribution is -0.195. The Morgan fingerprint density at radius 3 is 2.47 bits per heavy atom. The number of carbonyl (C=O) groups excluding carboxylic acids is 2. The number of rotatable bonds is 9. The molecule has 0 spiro atoms. The molecule has 0 aromatic carbocycles. The number of thioether (sulfide) groups is 1. The highest BCUT2D eigenvalue weighted by atomic mass is 32.2. The largest absolute Gasteiger partial charge is 0.410 e. The van der Waals surface area contributed by atoms with Gasteiger partial charge in [-0.3, -0.25) is 14.5 Å². The number of likely N-dealkylation sites (N-methyl/N-ethyl adjacent to an activating group) is 1. The van der Waals surface area contributed by atoms with Crippen LogP contribution < -0.4 is 5.32 Å². The number of thiazole rings is 1. The van der Waals surface area contributed by atoms with Crippen molar-refractivity contribution in [2.45, 2.75) is 46.5 Å². The predicted molar refractivity (Wildman–Crippen MR) is 167 cm³/mol. The maximum absolute atomic E-state index is 12.3. The van der Waals surface area contributed by atoms with Gasteiger partial charge < -0.3 is 19.9 Å². The van der Waals surface area contributed by atoms with Crippen LogP contribution in [0, 0.1) is 27.7 Å². The van der Waals surface area contributed by atoms with E-state index in [2.05, 4.69) is 32.1 Å². The van der Waals surface area contributed by atoms with Gasteiger partial charge in [-0.15, -0.1) is 23.1 Å². The number of pyridine rings is 1. The standard InChI is InChI=1S/C15H18N4S2.C7H11F3N2O.C6H8N2O/c1-10-5-6-14(17-7-10)18-9-20-8-13(16-4)15-11(2)19-12(3)21-15;1-11-2-3-12(5-13)6(4-11)7(8,9)10;1-6-2-3-8(7-6)4-5-9/h5-8H,4,9H2,1-3H3,(H,17,18);5-6H,2-4H2,1H3;2-3,5H,4H2,1H3/b13-8-;;. The van der Waals surface area contributed by atoms with Crippen LogP contribution in [0.5, 0.6) is 0 Å². The summed E-state index contributed by atoms with van der Waals surface area (Å²) < 4.78 is 38.6. The minimum absolute atomic E-state index is 0.137. The molecule has 1 aliphatic rings. The van der Waals surface area contributed by atoms with Crippen LogP contribution in [0.3, 0.4) is 0 Å². The van der Waals surface area contributed by atoms with Crippen molar-refractivity contribution in [3.8, 4) is 0 Å². The number of aryl methyl sites for hydroxylation is 4. The molecule has 1 N–H and O–H groups in total. The monoisotopic (exact) mass is 638 g/mol. The highest BCUT2D eigenvalue weighted by Gasteiger charge is 2.45. The maximum Gasteiger partial charge on any atom is 0.410 e. The van der Waals surface area contributed by atoms with Gasteiger partial charge in [0.2, 0.25) is 6.41 Å². The summed E-state index contributed by atoms with van der Waals surface area (Å²) in [7, 11) is 1.61. The van der Waals surface area contributed by atoms with Crippen molar-refractivity contribution in [1.82, 2.24) is 29.5 Å². The molecular weight excluding hydrogens is 601 g/mol. The quantitative estimate of drug-likeness (QED) is 0.151. The molecule has 3 aromatic heterocycles. The molecule has 0 saturated carbocycles. The van der Waals surface area contributed by atoms with Crippen molar-refractivity contribution < 1.29 is 22.8 Å². The van der Waals surface area contributed by atoms with Gasteiger partial charge in [0.25, 0.3) is 0 Å². The highest BCUT2D eigenvalue weighted by Crippen LogP contribution is 2.28. The number of carbonyl (C=O) groups is 2. The summed E-state index contributed by atoms with van der Waals surface area (Å²) in [5, 5.41) is 10.3. The minimum Gasteiger partial charge on any atom is -0.361 e. The smallest absolute Gasteiger partial charge is 0.361 e. The number of nitrogens with one attached hydrogen (secondary N) is 1. The van der Waals surface area contributed by atoms with Crippen molar-refractivity contribution in [1.29, 1.82) is 0 Å². The molecule has 4 rings (SSSR count). The number of nitrogens with zero attached hydrogens (tertiary/aromatic N) is 7. The predicted octanol–water partition coefficient (Wildman–Crippen LogP) is 4.98. The molecule has 15 heteroatoms. The Hall–Kier alpha value is -3.56. The fourth-order valence-corrected chi connectivity index (χ4v) is 5.37. The van der Waals surface area contributed by atoms with E-state index in [-0.39, 0.29) is 19.5 Å². The van der Waals surface area contributed by atoms with E-state index >= 15 is 0 Å². The third-order valence-corrected chi connectivity index (χ3v) is 7.72. The Kier molecular flexibility index (Phi) is 14.5. The zero-order valence-corrected chi connectivity index (χ0v) is 26.5. The number of halogens is 3. The van der Waals surface area contributed by atoms with Crippen molar-refractivity contribution in [3.05, 3.63) is 62.8 Å². The number of hydrogen-bond acceptors (Lipinski definition) is 10. The van der Waals surface area contributed by atoms with Crippen LogP contribution in [-0.2, 0) is 16.1 Å². The Morgan fingerprint density at radius 2 is 1.95 bits per heavy atom. The van der Waals surface area contributed by atoms with E-state index < -0.39 is 12.2 Å². The third-order valence-electron chi connectivity index (χ3n) is 5.92. The van der Waals surface area contributed by atoms with Crippen LogP contribution in [0.4, 0.5) is 19.0 Å². The van der Waals surface area contributed by atoms with Crippen molar-refractivity contribution in [2.24, 2.45) is 4.99 Å². The first kappa shape index (κ1) is 35.6. The zero-order valence-electron chi connectivity index (χ0n) is 24.8. The average Bonchev–Trinajstić information content (AvgIpc) is 3.53. The molecule has 1 amide bonds. The van der Waals surface area contributed by atoms with Crippen LogP contribution >= 0.6 is 23.1 Å². The Balaban J connectivity index is 0.000000249. The van der Waals surface area contributed by atoms with E-state index in [0.717, 1.165) is 55.4 Å². The number of piperazine rings is 1. The minimum atomic E-state index is -4.32. The molecule has 43 heavy (non-hydrogen) atoms. The first-order valence-electron chi connectivity index (χ1n) is 13.2. The zero-order chi connectivity index (χ0) is 32.0. The second kappa shape index (κ2) is 17.5. The van der Waals surface area contributed by atoms with E-state index in [9.17, 15) is 22.8 Å². The molecular formula is C28H37F3N8O2S2. The van der Waals surface area contributed by atoms with Crippen LogP contribution in [0.1, 0.15) is 26.8 Å². The summed E-state index contributed by atoms with van der Waals surface area (Å²) in [6.45, 7) is 12.4. The van der Waals surface area contributed by atoms with E-state index in [4.69, 9.17) is 0 Å². The molecule has 0 radical (unpaired) electrons. The Bertz CT molecular complexity index is 1340. The molecule has 234 valence electrons. The lowest BCUT2D eigenvalue weighted by atomic mass is 10.2. The fraction of sp³-hybridized carbons (Fsp3) is 0.429. The highest BCUT2D eigenvalue weighted by molar-refractivity contribution is 8.02. The summed E-state index contributed by atoms with van der Waals surface area (Å²) in [6.07, 6.45) is 0.403. The number of aliphatic imine (C=N–C) groups is 1. The van der Waals surface area contributed by atoms with Gasteiger partial charge in [0, 0.05) is 32.0 Å². The number of aldehydes is 1. The summed E-state index contributed by atoms with van der Waals surface area (Å²) in [5.41, 5.74) is 3.98. The number of hydrogen-bond donors (Lipinski definition) is 1. The molecule has 0 aliphatic carbocycles. The molecule has 0 bridgehead atoms. The summed E-state index contributed by atoms with van der Waals surface area (Å²) >= 11 is 3.27. The maximum atomic E-state index is 12.3. The molecule has 10 nitrogen and oxygen atoms in total. The van der Waals surface area contributed by atoms with Gasteiger partial charge in [0.15, 0.2) is 0 Å². The SMILES string of the molecule is C=N/C(=C\SCNc1ccc(C)cn1)c1sc(C)nc1C.CN1CCN(C=O)C(C(F)(F)F)C1.Cc1ccn(CC=O)n1. The topological polar surface area (TPSA) is 109 Å². The van der Waals surface area contributed by atoms with Crippen LogP contribution in [0.25, 0.3) is 5.70 Å². The first-order chi connectivity index (χ1) is 20.4.